The summed E-state index contributed by atoms with van der Waals surface area (Å²) in [7, 11) is 0. The number of hydrogen-bond acceptors (Lipinski definition) is 5. The van der Waals surface area contributed by atoms with E-state index in [-0.39, 0.29) is 0 Å². The van der Waals surface area contributed by atoms with Crippen LogP contribution in [0.2, 0.25) is 0 Å². The zero-order chi connectivity index (χ0) is 23.5. The Morgan fingerprint density at radius 3 is 1.33 bits per heavy atom. The third kappa shape index (κ3) is 7.38. The first kappa shape index (κ1) is 25.4. The quantitative estimate of drug-likeness (QED) is 0.244. The summed E-state index contributed by atoms with van der Waals surface area (Å²) < 4.78 is 18.3. The Morgan fingerprint density at radius 2 is 0.970 bits per heavy atom. The van der Waals surface area contributed by atoms with Gasteiger partial charge in [-0.3, -0.25) is 9.80 Å². The van der Waals surface area contributed by atoms with Gasteiger partial charge in [0.15, 0.2) is 0 Å². The maximum atomic E-state index is 6.10. The molecule has 33 heavy (non-hydrogen) atoms. The molecule has 0 saturated carbocycles. The number of fused-ring (bicyclic) bond motifs is 3. The van der Waals surface area contributed by atoms with E-state index < -0.39 is 0 Å². The van der Waals surface area contributed by atoms with E-state index in [1.807, 2.05) is 24.3 Å². The van der Waals surface area contributed by atoms with Crippen molar-refractivity contribution in [2.45, 2.75) is 53.4 Å². The maximum absolute atomic E-state index is 6.10. The van der Waals surface area contributed by atoms with Crippen LogP contribution in [-0.2, 0) is 0 Å². The van der Waals surface area contributed by atoms with Crippen molar-refractivity contribution in [1.29, 1.82) is 0 Å². The molecule has 2 aromatic carbocycles. The van der Waals surface area contributed by atoms with Crippen molar-refractivity contribution in [3.05, 3.63) is 36.4 Å². The van der Waals surface area contributed by atoms with Crippen LogP contribution in [0.25, 0.3) is 21.9 Å². The predicted octanol–water partition coefficient (Wildman–Crippen LogP) is 6.59. The molecule has 5 heteroatoms. The van der Waals surface area contributed by atoms with Gasteiger partial charge in [0.05, 0.1) is 0 Å². The smallest absolute Gasteiger partial charge is 0.135 e. The molecule has 0 bridgehead atoms. The molecule has 0 aliphatic heterocycles. The number of rotatable bonds is 16. The lowest BCUT2D eigenvalue weighted by atomic mass is 10.1. The Hall–Kier alpha value is -2.24. The molecule has 0 atom stereocenters. The predicted molar refractivity (Wildman–Crippen MR) is 139 cm³/mol. The fourth-order valence-electron chi connectivity index (χ4n) is 4.44. The second-order valence-corrected chi connectivity index (χ2v) is 8.80. The molecular weight excluding hydrogens is 412 g/mol. The van der Waals surface area contributed by atoms with Crippen LogP contribution in [0.4, 0.5) is 0 Å². The molecule has 0 spiro atoms. The van der Waals surface area contributed by atoms with Crippen LogP contribution in [-0.4, -0.2) is 62.3 Å². The van der Waals surface area contributed by atoms with Crippen molar-refractivity contribution in [2.24, 2.45) is 0 Å². The minimum absolute atomic E-state index is 0.696. The molecule has 0 saturated heterocycles. The third-order valence-electron chi connectivity index (χ3n) is 5.92. The fraction of sp³-hybridized carbons (Fsp3) is 0.571. The van der Waals surface area contributed by atoms with E-state index in [0.29, 0.717) is 13.2 Å². The summed E-state index contributed by atoms with van der Waals surface area (Å²) >= 11 is 0. The lowest BCUT2D eigenvalue weighted by Crippen LogP contribution is -2.30. The average molecular weight is 455 g/mol. The van der Waals surface area contributed by atoms with E-state index in [4.69, 9.17) is 13.9 Å². The van der Waals surface area contributed by atoms with Gasteiger partial charge >= 0.3 is 0 Å². The molecule has 182 valence electrons. The zero-order valence-corrected chi connectivity index (χ0v) is 21.1. The van der Waals surface area contributed by atoms with Gasteiger partial charge in [0.25, 0.3) is 0 Å². The number of furan rings is 1. The lowest BCUT2D eigenvalue weighted by Gasteiger charge is -2.21. The van der Waals surface area contributed by atoms with Crippen molar-refractivity contribution in [3.63, 3.8) is 0 Å². The number of ether oxygens (including phenoxy) is 2. The highest BCUT2D eigenvalue weighted by Crippen LogP contribution is 2.33. The van der Waals surface area contributed by atoms with Crippen LogP contribution in [0.3, 0.4) is 0 Å². The first-order valence-electron chi connectivity index (χ1n) is 12.8. The van der Waals surface area contributed by atoms with E-state index in [2.05, 4.69) is 49.6 Å². The lowest BCUT2D eigenvalue weighted by molar-refractivity contribution is 0.209. The zero-order valence-electron chi connectivity index (χ0n) is 21.1. The summed E-state index contributed by atoms with van der Waals surface area (Å²) in [4.78, 5) is 4.94. The van der Waals surface area contributed by atoms with Gasteiger partial charge in [-0.25, -0.2) is 0 Å². The second-order valence-electron chi connectivity index (χ2n) is 8.80. The summed E-state index contributed by atoms with van der Waals surface area (Å²) in [5.74, 6) is 1.78. The minimum Gasteiger partial charge on any atom is -0.492 e. The van der Waals surface area contributed by atoms with Crippen LogP contribution >= 0.6 is 0 Å². The standard InChI is InChI=1S/C28H42N2O3/c1-5-13-29(14-6-2)17-19-31-23-9-11-27-25(21-23)26-22-24(10-12-28(26)33-27)32-20-18-30(15-7-3)16-8-4/h9-12,21-22H,5-8,13-20H2,1-4H3. The molecule has 0 amide bonds. The summed E-state index contributed by atoms with van der Waals surface area (Å²) in [5, 5.41) is 2.15. The molecule has 5 nitrogen and oxygen atoms in total. The van der Waals surface area contributed by atoms with Crippen molar-refractivity contribution < 1.29 is 13.9 Å². The Kier molecular flexibility index (Phi) is 10.4. The average Bonchev–Trinajstić information content (AvgIpc) is 3.17. The Morgan fingerprint density at radius 1 is 0.576 bits per heavy atom. The highest BCUT2D eigenvalue weighted by atomic mass is 16.5. The van der Waals surface area contributed by atoms with Gasteiger partial charge in [0, 0.05) is 23.9 Å². The monoisotopic (exact) mass is 454 g/mol. The molecule has 0 fully saturated rings. The van der Waals surface area contributed by atoms with Crippen molar-refractivity contribution in [1.82, 2.24) is 9.80 Å². The highest BCUT2D eigenvalue weighted by molar-refractivity contribution is 6.05. The van der Waals surface area contributed by atoms with Crippen LogP contribution < -0.4 is 9.47 Å². The Labute approximate surface area is 199 Å². The van der Waals surface area contributed by atoms with Gasteiger partial charge in [-0.2, -0.15) is 0 Å². The first-order chi connectivity index (χ1) is 16.2. The highest BCUT2D eigenvalue weighted by Gasteiger charge is 2.11. The topological polar surface area (TPSA) is 38.1 Å². The Balaban J connectivity index is 1.65. The molecule has 3 aromatic rings. The van der Waals surface area contributed by atoms with E-state index in [9.17, 15) is 0 Å². The number of benzene rings is 2. The van der Waals surface area contributed by atoms with Gasteiger partial charge in [0.2, 0.25) is 0 Å². The Bertz CT molecular complexity index is 880. The largest absolute Gasteiger partial charge is 0.492 e. The summed E-state index contributed by atoms with van der Waals surface area (Å²) in [6.45, 7) is 16.7. The van der Waals surface area contributed by atoms with Crippen molar-refractivity contribution >= 4 is 21.9 Å². The van der Waals surface area contributed by atoms with E-state index >= 15 is 0 Å². The summed E-state index contributed by atoms with van der Waals surface area (Å²) in [6, 6.07) is 12.2. The van der Waals surface area contributed by atoms with E-state index in [1.165, 1.54) is 25.7 Å². The molecule has 0 radical (unpaired) electrons. The van der Waals surface area contributed by atoms with Gasteiger partial charge < -0.3 is 13.9 Å². The molecule has 3 rings (SSSR count). The fourth-order valence-corrected chi connectivity index (χ4v) is 4.44. The van der Waals surface area contributed by atoms with Gasteiger partial charge in [0.1, 0.15) is 35.9 Å². The van der Waals surface area contributed by atoms with E-state index in [1.54, 1.807) is 0 Å². The molecule has 0 aliphatic rings. The minimum atomic E-state index is 0.696. The van der Waals surface area contributed by atoms with Crippen LogP contribution in [0.1, 0.15) is 53.4 Å². The first-order valence-corrected chi connectivity index (χ1v) is 12.8. The normalized spacial score (nSPS) is 11.8. The van der Waals surface area contributed by atoms with Gasteiger partial charge in [-0.05, 0) is 88.3 Å². The molecule has 0 unspecified atom stereocenters. The molecular formula is C28H42N2O3. The molecule has 1 aromatic heterocycles. The molecule has 0 N–H and O–H groups in total. The number of nitrogens with zero attached hydrogens (tertiary/aromatic N) is 2. The third-order valence-corrected chi connectivity index (χ3v) is 5.92. The van der Waals surface area contributed by atoms with Crippen LogP contribution in [0.15, 0.2) is 40.8 Å². The van der Waals surface area contributed by atoms with Gasteiger partial charge in [-0.1, -0.05) is 27.7 Å². The molecule has 0 aliphatic carbocycles. The van der Waals surface area contributed by atoms with Crippen LogP contribution in [0.5, 0.6) is 11.5 Å². The SMILES string of the molecule is CCCN(CCC)CCOc1ccc2oc3ccc(OCCN(CCC)CCC)cc3c2c1. The number of hydrogen-bond donors (Lipinski definition) is 0. The second kappa shape index (κ2) is 13.5. The van der Waals surface area contributed by atoms with Gasteiger partial charge in [-0.15, -0.1) is 0 Å². The maximum Gasteiger partial charge on any atom is 0.135 e. The molecule has 1 heterocycles. The summed E-state index contributed by atoms with van der Waals surface area (Å²) in [5.41, 5.74) is 1.76. The summed E-state index contributed by atoms with van der Waals surface area (Å²) in [6.07, 6.45) is 4.69. The van der Waals surface area contributed by atoms with E-state index in [0.717, 1.165) is 72.7 Å². The van der Waals surface area contributed by atoms with Crippen molar-refractivity contribution in [2.75, 3.05) is 52.5 Å². The van der Waals surface area contributed by atoms with Crippen LogP contribution in [0, 0.1) is 0 Å². The van der Waals surface area contributed by atoms with Crippen molar-refractivity contribution in [3.8, 4) is 11.5 Å².